The third kappa shape index (κ3) is 4.92. The molecule has 3 aromatic rings. The SMILES string of the molecule is CSc1ccccc1CN1CCN(c2ccc(Cl)cc2Cl)C(c2ccc(Cl)cc2)C1. The van der Waals surface area contributed by atoms with E-state index in [-0.39, 0.29) is 6.04 Å². The van der Waals surface area contributed by atoms with Crippen LogP contribution in [0.2, 0.25) is 15.1 Å². The number of halogens is 3. The van der Waals surface area contributed by atoms with Crippen LogP contribution >= 0.6 is 46.6 Å². The Balaban J connectivity index is 1.63. The number of nitrogens with zero attached hydrogens (tertiary/aromatic N) is 2. The number of hydrogen-bond acceptors (Lipinski definition) is 3. The van der Waals surface area contributed by atoms with E-state index in [1.807, 2.05) is 30.3 Å². The van der Waals surface area contributed by atoms with E-state index < -0.39 is 0 Å². The van der Waals surface area contributed by atoms with Gasteiger partial charge in [-0.3, -0.25) is 4.90 Å². The van der Waals surface area contributed by atoms with Crippen molar-refractivity contribution >= 4 is 52.3 Å². The summed E-state index contributed by atoms with van der Waals surface area (Å²) in [5, 5.41) is 2.08. The van der Waals surface area contributed by atoms with Gasteiger partial charge in [-0.25, -0.2) is 0 Å². The number of anilines is 1. The number of benzene rings is 3. The zero-order valence-corrected chi connectivity index (χ0v) is 19.8. The average Bonchev–Trinajstić information content (AvgIpc) is 2.75. The molecule has 0 saturated carbocycles. The smallest absolute Gasteiger partial charge is 0.0670 e. The van der Waals surface area contributed by atoms with Crippen LogP contribution in [0.5, 0.6) is 0 Å². The Morgan fingerprint density at radius 2 is 1.63 bits per heavy atom. The summed E-state index contributed by atoms with van der Waals surface area (Å²) in [7, 11) is 0. The first kappa shape index (κ1) is 21.9. The molecule has 0 aliphatic carbocycles. The molecule has 1 heterocycles. The average molecular weight is 478 g/mol. The summed E-state index contributed by atoms with van der Waals surface area (Å²) in [4.78, 5) is 6.25. The molecule has 1 atom stereocenters. The van der Waals surface area contributed by atoms with Gasteiger partial charge in [0.15, 0.2) is 0 Å². The third-order valence-corrected chi connectivity index (χ3v) is 7.15. The summed E-state index contributed by atoms with van der Waals surface area (Å²) in [5.74, 6) is 0. The van der Waals surface area contributed by atoms with Crippen LogP contribution in [0.3, 0.4) is 0 Å². The van der Waals surface area contributed by atoms with E-state index in [4.69, 9.17) is 34.8 Å². The summed E-state index contributed by atoms with van der Waals surface area (Å²) >= 11 is 20.7. The summed E-state index contributed by atoms with van der Waals surface area (Å²) in [6, 6.07) is 22.7. The van der Waals surface area contributed by atoms with Crippen molar-refractivity contribution in [1.82, 2.24) is 4.90 Å². The van der Waals surface area contributed by atoms with Gasteiger partial charge in [0, 0.05) is 41.1 Å². The molecule has 0 radical (unpaired) electrons. The molecular weight excluding hydrogens is 455 g/mol. The van der Waals surface area contributed by atoms with E-state index in [1.54, 1.807) is 11.8 Å². The van der Waals surface area contributed by atoms with Crippen molar-refractivity contribution in [2.24, 2.45) is 0 Å². The van der Waals surface area contributed by atoms with Crippen LogP contribution in [0.4, 0.5) is 5.69 Å². The van der Waals surface area contributed by atoms with Crippen molar-refractivity contribution in [3.05, 3.63) is 92.9 Å². The second-order valence-corrected chi connectivity index (χ2v) is 9.53. The van der Waals surface area contributed by atoms with Gasteiger partial charge in [-0.15, -0.1) is 11.8 Å². The Bertz CT molecular complexity index is 1010. The molecule has 3 aromatic carbocycles. The number of rotatable bonds is 5. The van der Waals surface area contributed by atoms with Crippen LogP contribution in [0.1, 0.15) is 17.2 Å². The van der Waals surface area contributed by atoms with Crippen molar-refractivity contribution in [2.45, 2.75) is 17.5 Å². The lowest BCUT2D eigenvalue weighted by Gasteiger charge is -2.43. The van der Waals surface area contributed by atoms with E-state index in [2.05, 4.69) is 52.5 Å². The summed E-state index contributed by atoms with van der Waals surface area (Å²) < 4.78 is 0. The molecule has 4 rings (SSSR count). The van der Waals surface area contributed by atoms with Crippen LogP contribution in [0.15, 0.2) is 71.6 Å². The van der Waals surface area contributed by atoms with Crippen molar-refractivity contribution in [3.63, 3.8) is 0 Å². The first-order chi connectivity index (χ1) is 14.5. The van der Waals surface area contributed by atoms with Crippen molar-refractivity contribution in [3.8, 4) is 0 Å². The van der Waals surface area contributed by atoms with Gasteiger partial charge in [0.25, 0.3) is 0 Å². The third-order valence-electron chi connectivity index (χ3n) is 5.52. The molecule has 0 N–H and O–H groups in total. The molecule has 0 bridgehead atoms. The minimum absolute atomic E-state index is 0.177. The van der Waals surface area contributed by atoms with Gasteiger partial charge >= 0.3 is 0 Å². The van der Waals surface area contributed by atoms with Gasteiger partial charge in [0.05, 0.1) is 16.8 Å². The Kier molecular flexibility index (Phi) is 7.17. The van der Waals surface area contributed by atoms with E-state index >= 15 is 0 Å². The number of hydrogen-bond donors (Lipinski definition) is 0. The highest BCUT2D eigenvalue weighted by Gasteiger charge is 2.30. The molecule has 0 amide bonds. The van der Waals surface area contributed by atoms with Crippen LogP contribution in [0.25, 0.3) is 0 Å². The maximum absolute atomic E-state index is 6.58. The number of thioether (sulfide) groups is 1. The zero-order valence-electron chi connectivity index (χ0n) is 16.7. The van der Waals surface area contributed by atoms with Crippen LogP contribution in [-0.2, 0) is 6.54 Å². The molecule has 1 unspecified atom stereocenters. The van der Waals surface area contributed by atoms with Crippen molar-refractivity contribution in [2.75, 3.05) is 30.8 Å². The van der Waals surface area contributed by atoms with Crippen molar-refractivity contribution < 1.29 is 0 Å². The maximum atomic E-state index is 6.58. The second-order valence-electron chi connectivity index (χ2n) is 7.40. The van der Waals surface area contributed by atoms with Crippen LogP contribution in [-0.4, -0.2) is 30.8 Å². The van der Waals surface area contributed by atoms with Gasteiger partial charge in [-0.1, -0.05) is 65.1 Å². The number of piperazine rings is 1. The highest BCUT2D eigenvalue weighted by molar-refractivity contribution is 7.98. The topological polar surface area (TPSA) is 6.48 Å². The maximum Gasteiger partial charge on any atom is 0.0670 e. The first-order valence-corrected chi connectivity index (χ1v) is 12.2. The van der Waals surface area contributed by atoms with E-state index in [0.717, 1.165) is 36.9 Å². The molecule has 2 nitrogen and oxygen atoms in total. The summed E-state index contributed by atoms with van der Waals surface area (Å²) in [6.07, 6.45) is 2.13. The van der Waals surface area contributed by atoms with Crippen LogP contribution < -0.4 is 4.90 Å². The normalized spacial score (nSPS) is 17.3. The van der Waals surface area contributed by atoms with Gasteiger partial charge in [-0.05, 0) is 53.8 Å². The lowest BCUT2D eigenvalue weighted by molar-refractivity contribution is 0.214. The fourth-order valence-electron chi connectivity index (χ4n) is 4.03. The van der Waals surface area contributed by atoms with E-state index in [0.29, 0.717) is 10.0 Å². The van der Waals surface area contributed by atoms with E-state index in [9.17, 15) is 0 Å². The lowest BCUT2D eigenvalue weighted by Crippen LogP contribution is -2.48. The second kappa shape index (κ2) is 9.84. The molecule has 1 saturated heterocycles. The predicted octanol–water partition coefficient (Wildman–Crippen LogP) is 7.43. The molecule has 1 aliphatic heterocycles. The van der Waals surface area contributed by atoms with E-state index in [1.165, 1.54) is 16.0 Å². The highest BCUT2D eigenvalue weighted by Crippen LogP contribution is 2.37. The summed E-state index contributed by atoms with van der Waals surface area (Å²) in [6.45, 7) is 3.69. The molecule has 156 valence electrons. The minimum atomic E-state index is 0.177. The Morgan fingerprint density at radius 3 is 2.37 bits per heavy atom. The fraction of sp³-hybridized carbons (Fsp3) is 0.250. The van der Waals surface area contributed by atoms with Crippen LogP contribution in [0, 0.1) is 0 Å². The quantitative estimate of drug-likeness (QED) is 0.353. The van der Waals surface area contributed by atoms with Gasteiger partial charge < -0.3 is 4.90 Å². The van der Waals surface area contributed by atoms with Gasteiger partial charge in [0.1, 0.15) is 0 Å². The Morgan fingerprint density at radius 1 is 0.900 bits per heavy atom. The summed E-state index contributed by atoms with van der Waals surface area (Å²) in [5.41, 5.74) is 3.62. The fourth-order valence-corrected chi connectivity index (χ4v) is 5.28. The standard InChI is InChI=1S/C24H23Cl3N2S/c1-30-24-5-3-2-4-18(24)15-28-12-13-29(22-11-10-20(26)14-21(22)27)23(16-28)17-6-8-19(25)9-7-17/h2-11,14,23H,12-13,15-16H2,1H3. The molecule has 0 aromatic heterocycles. The molecule has 1 aliphatic rings. The largest absolute Gasteiger partial charge is 0.361 e. The molecule has 6 heteroatoms. The lowest BCUT2D eigenvalue weighted by atomic mass is 10.0. The highest BCUT2D eigenvalue weighted by atomic mass is 35.5. The van der Waals surface area contributed by atoms with Gasteiger partial charge in [-0.2, -0.15) is 0 Å². The Hall–Kier alpha value is -1.36. The Labute approximate surface area is 197 Å². The molecule has 1 fully saturated rings. The molecule has 30 heavy (non-hydrogen) atoms. The monoisotopic (exact) mass is 476 g/mol. The van der Waals surface area contributed by atoms with Crippen molar-refractivity contribution in [1.29, 1.82) is 0 Å². The minimum Gasteiger partial charge on any atom is -0.361 e. The first-order valence-electron chi connectivity index (χ1n) is 9.86. The zero-order chi connectivity index (χ0) is 21.1. The predicted molar refractivity (Wildman–Crippen MR) is 132 cm³/mol. The molecular formula is C24H23Cl3N2S. The van der Waals surface area contributed by atoms with Gasteiger partial charge in [0.2, 0.25) is 0 Å². The molecule has 0 spiro atoms.